The van der Waals surface area contributed by atoms with E-state index < -0.39 is 5.92 Å². The highest BCUT2D eigenvalue weighted by Crippen LogP contribution is 2.36. The quantitative estimate of drug-likeness (QED) is 0.609. The van der Waals surface area contributed by atoms with Crippen LogP contribution in [-0.4, -0.2) is 30.5 Å². The van der Waals surface area contributed by atoms with E-state index in [0.29, 0.717) is 23.1 Å². The first-order valence-electron chi connectivity index (χ1n) is 9.74. The zero-order chi connectivity index (χ0) is 21.3. The number of amides is 2. The Morgan fingerprint density at radius 3 is 2.63 bits per heavy atom. The number of hydrogen-bond acceptors (Lipinski definition) is 5. The number of benzene rings is 2. The van der Waals surface area contributed by atoms with E-state index in [1.165, 1.54) is 11.3 Å². The summed E-state index contributed by atoms with van der Waals surface area (Å²) in [6.07, 6.45) is 0.156. The van der Waals surface area contributed by atoms with Crippen molar-refractivity contribution in [3.05, 3.63) is 65.2 Å². The molecule has 2 amide bonds. The zero-order valence-corrected chi connectivity index (χ0v) is 18.0. The molecule has 30 heavy (non-hydrogen) atoms. The Balaban J connectivity index is 1.65. The number of hydrogen-bond donors (Lipinski definition) is 0. The van der Waals surface area contributed by atoms with Gasteiger partial charge in [0.2, 0.25) is 11.8 Å². The van der Waals surface area contributed by atoms with Crippen LogP contribution in [0.3, 0.4) is 0 Å². The monoisotopic (exact) mass is 421 g/mol. The van der Waals surface area contributed by atoms with Crippen molar-refractivity contribution in [2.75, 3.05) is 23.5 Å². The number of carbonyl (C=O) groups excluding carboxylic acids is 2. The lowest BCUT2D eigenvalue weighted by atomic mass is 10.1. The molecule has 1 unspecified atom stereocenters. The molecule has 0 spiro atoms. The second-order valence-electron chi connectivity index (χ2n) is 7.36. The summed E-state index contributed by atoms with van der Waals surface area (Å²) in [5, 5.41) is 2.53. The Kier molecular flexibility index (Phi) is 5.55. The minimum absolute atomic E-state index is 0.0828. The van der Waals surface area contributed by atoms with E-state index in [0.717, 1.165) is 16.9 Å². The molecule has 1 fully saturated rings. The van der Waals surface area contributed by atoms with Gasteiger partial charge in [0, 0.05) is 18.3 Å². The largest absolute Gasteiger partial charge is 0.495 e. The summed E-state index contributed by atoms with van der Waals surface area (Å²) >= 11 is 1.42. The van der Waals surface area contributed by atoms with Crippen molar-refractivity contribution >= 4 is 39.7 Å². The standard InChI is InChI=1S/C23H23N3O3S/c1-15-9-10-20(29-3)19(11-15)25-13-17(12-21(25)27)22(28)26(18-7-5-4-6-8-18)23-24-16(2)14-30-23/h4-11,14,17H,12-13H2,1-3H3. The van der Waals surface area contributed by atoms with Crippen LogP contribution in [0.25, 0.3) is 0 Å². The highest BCUT2D eigenvalue weighted by atomic mass is 32.1. The fourth-order valence-electron chi connectivity index (χ4n) is 3.65. The average molecular weight is 422 g/mol. The number of para-hydroxylation sites is 1. The van der Waals surface area contributed by atoms with Crippen molar-refractivity contribution in [2.45, 2.75) is 20.3 Å². The number of methoxy groups -OCH3 is 1. The van der Waals surface area contributed by atoms with Gasteiger partial charge in [-0.3, -0.25) is 14.5 Å². The van der Waals surface area contributed by atoms with Gasteiger partial charge < -0.3 is 9.64 Å². The summed E-state index contributed by atoms with van der Waals surface area (Å²) < 4.78 is 5.45. The number of anilines is 3. The molecule has 0 bridgehead atoms. The van der Waals surface area contributed by atoms with Crippen molar-refractivity contribution < 1.29 is 14.3 Å². The maximum Gasteiger partial charge on any atom is 0.238 e. The van der Waals surface area contributed by atoms with E-state index in [-0.39, 0.29) is 18.2 Å². The highest BCUT2D eigenvalue weighted by molar-refractivity contribution is 7.14. The lowest BCUT2D eigenvalue weighted by Gasteiger charge is -2.24. The summed E-state index contributed by atoms with van der Waals surface area (Å²) in [4.78, 5) is 34.2. The molecule has 6 nitrogen and oxygen atoms in total. The summed E-state index contributed by atoms with van der Waals surface area (Å²) in [5.41, 5.74) is 3.33. The second kappa shape index (κ2) is 8.28. The highest BCUT2D eigenvalue weighted by Gasteiger charge is 2.39. The Hall–Kier alpha value is -3.19. The fourth-order valence-corrected chi connectivity index (χ4v) is 4.48. The first-order valence-corrected chi connectivity index (χ1v) is 10.6. The Labute approximate surface area is 179 Å². The molecule has 2 aromatic carbocycles. The molecule has 1 saturated heterocycles. The predicted octanol–water partition coefficient (Wildman–Crippen LogP) is 4.49. The molecule has 0 aliphatic carbocycles. The minimum Gasteiger partial charge on any atom is -0.495 e. The van der Waals surface area contributed by atoms with E-state index >= 15 is 0 Å². The van der Waals surface area contributed by atoms with E-state index in [1.807, 2.05) is 67.8 Å². The van der Waals surface area contributed by atoms with E-state index in [4.69, 9.17) is 4.74 Å². The third-order valence-corrected chi connectivity index (χ3v) is 6.08. The van der Waals surface area contributed by atoms with Crippen LogP contribution in [0.5, 0.6) is 5.75 Å². The van der Waals surface area contributed by atoms with Crippen LogP contribution in [-0.2, 0) is 9.59 Å². The number of thiazole rings is 1. The molecule has 1 atom stereocenters. The van der Waals surface area contributed by atoms with Gasteiger partial charge in [0.1, 0.15) is 5.75 Å². The molecule has 0 saturated carbocycles. The minimum atomic E-state index is -0.466. The maximum absolute atomic E-state index is 13.6. The molecule has 1 aliphatic heterocycles. The third kappa shape index (κ3) is 3.80. The molecule has 7 heteroatoms. The molecule has 1 aliphatic rings. The van der Waals surface area contributed by atoms with Gasteiger partial charge in [-0.05, 0) is 43.7 Å². The molecular weight excluding hydrogens is 398 g/mol. The van der Waals surface area contributed by atoms with Gasteiger partial charge in [0.05, 0.1) is 30.1 Å². The molecule has 4 rings (SSSR count). The van der Waals surface area contributed by atoms with Crippen LogP contribution in [0.15, 0.2) is 53.9 Å². The lowest BCUT2D eigenvalue weighted by Crippen LogP contribution is -2.34. The molecule has 0 radical (unpaired) electrons. The van der Waals surface area contributed by atoms with Gasteiger partial charge in [-0.15, -0.1) is 11.3 Å². The van der Waals surface area contributed by atoms with Crippen molar-refractivity contribution in [3.8, 4) is 5.75 Å². The third-order valence-electron chi connectivity index (χ3n) is 5.13. The first-order chi connectivity index (χ1) is 14.5. The molecule has 3 aromatic rings. The number of ether oxygens (including phenoxy) is 1. The molecule has 0 N–H and O–H groups in total. The lowest BCUT2D eigenvalue weighted by molar-refractivity contribution is -0.123. The number of carbonyl (C=O) groups is 2. The summed E-state index contributed by atoms with van der Waals surface area (Å²) in [6, 6.07) is 15.2. The maximum atomic E-state index is 13.6. The SMILES string of the molecule is COc1ccc(C)cc1N1CC(C(=O)N(c2ccccc2)c2nc(C)cs2)CC1=O. The van der Waals surface area contributed by atoms with Gasteiger partial charge >= 0.3 is 0 Å². The van der Waals surface area contributed by atoms with Crippen LogP contribution in [0.4, 0.5) is 16.5 Å². The van der Waals surface area contributed by atoms with Gasteiger partial charge in [-0.2, -0.15) is 0 Å². The van der Waals surface area contributed by atoms with Crippen molar-refractivity contribution in [1.29, 1.82) is 0 Å². The molecular formula is C23H23N3O3S. The average Bonchev–Trinajstić information content (AvgIpc) is 3.34. The van der Waals surface area contributed by atoms with E-state index in [9.17, 15) is 9.59 Å². The van der Waals surface area contributed by atoms with Crippen LogP contribution in [0.2, 0.25) is 0 Å². The topological polar surface area (TPSA) is 62.7 Å². The van der Waals surface area contributed by atoms with Crippen molar-refractivity contribution in [3.63, 3.8) is 0 Å². The van der Waals surface area contributed by atoms with Gasteiger partial charge in [-0.25, -0.2) is 4.98 Å². The molecule has 154 valence electrons. The normalized spacial score (nSPS) is 16.0. The van der Waals surface area contributed by atoms with Crippen LogP contribution in [0.1, 0.15) is 17.7 Å². The first kappa shape index (κ1) is 20.1. The van der Waals surface area contributed by atoms with Crippen LogP contribution >= 0.6 is 11.3 Å². The van der Waals surface area contributed by atoms with E-state index in [2.05, 4.69) is 4.98 Å². The zero-order valence-electron chi connectivity index (χ0n) is 17.2. The number of aryl methyl sites for hydroxylation is 2. The van der Waals surface area contributed by atoms with Crippen molar-refractivity contribution in [2.24, 2.45) is 5.92 Å². The molecule has 2 heterocycles. The Morgan fingerprint density at radius 2 is 1.97 bits per heavy atom. The van der Waals surface area contributed by atoms with Crippen molar-refractivity contribution in [1.82, 2.24) is 4.98 Å². The van der Waals surface area contributed by atoms with Gasteiger partial charge in [0.25, 0.3) is 0 Å². The smallest absolute Gasteiger partial charge is 0.238 e. The number of nitrogens with zero attached hydrogens (tertiary/aromatic N) is 3. The molecule has 1 aromatic heterocycles. The van der Waals surface area contributed by atoms with E-state index in [1.54, 1.807) is 16.9 Å². The van der Waals surface area contributed by atoms with Gasteiger partial charge in [0.15, 0.2) is 5.13 Å². The Bertz CT molecular complexity index is 1080. The number of aromatic nitrogens is 1. The Morgan fingerprint density at radius 1 is 1.20 bits per heavy atom. The van der Waals surface area contributed by atoms with Gasteiger partial charge in [-0.1, -0.05) is 24.3 Å². The summed E-state index contributed by atoms with van der Waals surface area (Å²) in [7, 11) is 1.58. The fraction of sp³-hybridized carbons (Fsp3) is 0.261. The van der Waals surface area contributed by atoms with Crippen LogP contribution in [0, 0.1) is 19.8 Å². The summed E-state index contributed by atoms with van der Waals surface area (Å²) in [5.74, 6) is -0.0526. The van der Waals surface area contributed by atoms with Crippen LogP contribution < -0.4 is 14.5 Å². The predicted molar refractivity (Wildman–Crippen MR) is 119 cm³/mol. The second-order valence-corrected chi connectivity index (χ2v) is 8.20. The number of rotatable bonds is 5. The summed E-state index contributed by atoms with van der Waals surface area (Å²) in [6.45, 7) is 4.18.